The molecule has 0 saturated carbocycles. The van der Waals surface area contributed by atoms with E-state index in [0.29, 0.717) is 5.92 Å². The topological polar surface area (TPSA) is 42.1 Å². The van der Waals surface area contributed by atoms with Crippen LogP contribution in [0.1, 0.15) is 53.8 Å². The number of allylic oxidation sites excluding steroid dienone is 4. The number of nitrogens with one attached hydrogen (secondary N) is 2. The smallest absolute Gasteiger partial charge is 0.160 e. The minimum atomic E-state index is -0.294. The van der Waals surface area contributed by atoms with Crippen LogP contribution in [0.3, 0.4) is 0 Å². The Morgan fingerprint density at radius 1 is 0.827 bits per heavy atom. The van der Waals surface area contributed by atoms with Crippen LogP contribution in [0.15, 0.2) is 138 Å². The Labute approximate surface area is 303 Å². The Bertz CT molecular complexity index is 2800. The summed E-state index contributed by atoms with van der Waals surface area (Å²) in [6.45, 7) is 4.63. The maximum Gasteiger partial charge on any atom is 0.160 e. The number of aromatic nitrogens is 1. The average Bonchev–Trinajstić information content (AvgIpc) is 3.74. The fraction of sp³-hybridized carbons (Fsp3) is 0.167. The van der Waals surface area contributed by atoms with Crippen molar-refractivity contribution in [2.45, 2.75) is 44.7 Å². The number of hydrogen-bond acceptors (Lipinski definition) is 3. The van der Waals surface area contributed by atoms with E-state index in [9.17, 15) is 0 Å². The third-order valence-corrected chi connectivity index (χ3v) is 11.9. The van der Waals surface area contributed by atoms with Crippen LogP contribution in [0.5, 0.6) is 0 Å². The highest BCUT2D eigenvalue weighted by atomic mass is 16.3. The van der Waals surface area contributed by atoms with Gasteiger partial charge in [-0.15, -0.1) is 0 Å². The first-order chi connectivity index (χ1) is 25.6. The molecule has 3 atom stereocenters. The monoisotopic (exact) mass is 673 g/mol. The second kappa shape index (κ2) is 11.0. The number of furan rings is 1. The molecule has 0 amide bonds. The molecule has 0 radical (unpaired) electrons. The summed E-state index contributed by atoms with van der Waals surface area (Å²) in [7, 11) is 0. The minimum absolute atomic E-state index is 0.0516. The van der Waals surface area contributed by atoms with Gasteiger partial charge in [-0.05, 0) is 65.6 Å². The molecule has 3 unspecified atom stereocenters. The van der Waals surface area contributed by atoms with E-state index >= 15 is 0 Å². The lowest BCUT2D eigenvalue weighted by Crippen LogP contribution is -2.59. The molecule has 2 N–H and O–H groups in total. The van der Waals surface area contributed by atoms with Crippen LogP contribution in [0.4, 0.5) is 0 Å². The van der Waals surface area contributed by atoms with Crippen molar-refractivity contribution in [2.75, 3.05) is 0 Å². The van der Waals surface area contributed by atoms with Gasteiger partial charge in [-0.2, -0.15) is 0 Å². The van der Waals surface area contributed by atoms with E-state index in [1.165, 1.54) is 54.8 Å². The van der Waals surface area contributed by atoms with Crippen molar-refractivity contribution >= 4 is 66.7 Å². The van der Waals surface area contributed by atoms with E-state index in [0.717, 1.165) is 58.7 Å². The van der Waals surface area contributed by atoms with Gasteiger partial charge in [-0.1, -0.05) is 140 Å². The summed E-state index contributed by atoms with van der Waals surface area (Å²) in [5.74, 6) is 2.43. The predicted molar refractivity (Wildman–Crippen MR) is 217 cm³/mol. The van der Waals surface area contributed by atoms with E-state index in [-0.39, 0.29) is 11.6 Å². The van der Waals surface area contributed by atoms with Gasteiger partial charge in [0.1, 0.15) is 11.6 Å². The molecule has 1 aliphatic heterocycles. The third-order valence-electron chi connectivity index (χ3n) is 11.9. The normalized spacial score (nSPS) is 22.0. The number of para-hydroxylation sites is 1. The van der Waals surface area contributed by atoms with E-state index in [1.807, 2.05) is 0 Å². The second-order valence-electron chi connectivity index (χ2n) is 15.2. The average molecular weight is 674 g/mol. The molecule has 252 valence electrons. The molecule has 4 nitrogen and oxygen atoms in total. The van der Waals surface area contributed by atoms with Crippen molar-refractivity contribution in [3.63, 3.8) is 0 Å². The molecule has 11 rings (SSSR count). The molecule has 3 aliphatic carbocycles. The third kappa shape index (κ3) is 4.15. The Balaban J connectivity index is 1.29. The molecule has 3 heterocycles. The maximum absolute atomic E-state index is 7.45. The van der Waals surface area contributed by atoms with Crippen molar-refractivity contribution in [1.29, 1.82) is 0 Å². The summed E-state index contributed by atoms with van der Waals surface area (Å²) in [5.41, 5.74) is 11.7. The molecule has 0 spiro atoms. The highest BCUT2D eigenvalue weighted by Crippen LogP contribution is 2.50. The zero-order valence-electron chi connectivity index (χ0n) is 29.4. The SMILES string of the molecule is CC1C=C(c2cccc3ccccc23)c2oc3c(c2C1)c1c(c2c4ccccc4n(C4=C(c5ccccc5)NC5(C)C=CC=CC5N4)c32)C=CCC1. The predicted octanol–water partition coefficient (Wildman–Crippen LogP) is 11.0. The summed E-state index contributed by atoms with van der Waals surface area (Å²) in [6.07, 6.45) is 19.0. The number of benzene rings is 5. The standard InChI is InChI=1S/C48H39N3O/c1-29-27-37(33-23-14-18-30-15-6-7-19-32(30)33)45-38(28-29)42-35-21-9-8-20-34(35)41-36-22-10-11-24-39(36)51(44(41)46(42)52-45)47-43(31-16-4-3-5-17-31)50-48(2)26-13-12-25-40(48)49-47/h3-8,10-20,22-27,29,40,49-50H,9,21,28H2,1-2H3. The van der Waals surface area contributed by atoms with Crippen molar-refractivity contribution in [3.8, 4) is 0 Å². The summed E-state index contributed by atoms with van der Waals surface area (Å²) < 4.78 is 9.92. The first-order valence-electron chi connectivity index (χ1n) is 18.7. The van der Waals surface area contributed by atoms with E-state index in [2.05, 4.69) is 169 Å². The molecule has 0 fully saturated rings. The maximum atomic E-state index is 7.45. The second-order valence-corrected chi connectivity index (χ2v) is 15.2. The van der Waals surface area contributed by atoms with Crippen molar-refractivity contribution in [1.82, 2.24) is 15.2 Å². The van der Waals surface area contributed by atoms with Gasteiger partial charge in [0.25, 0.3) is 0 Å². The molecule has 5 aromatic carbocycles. The number of rotatable bonds is 3. The Kier molecular flexibility index (Phi) is 6.28. The minimum Gasteiger partial charge on any atom is -0.454 e. The fourth-order valence-electron chi connectivity index (χ4n) is 9.48. The fourth-order valence-corrected chi connectivity index (χ4v) is 9.48. The van der Waals surface area contributed by atoms with E-state index in [4.69, 9.17) is 4.42 Å². The molecule has 52 heavy (non-hydrogen) atoms. The molecule has 4 heteroatoms. The van der Waals surface area contributed by atoms with E-state index in [1.54, 1.807) is 0 Å². The Morgan fingerprint density at radius 2 is 1.63 bits per heavy atom. The molecular formula is C48H39N3O. The summed E-state index contributed by atoms with van der Waals surface area (Å²) >= 11 is 0. The first kappa shape index (κ1) is 29.7. The highest BCUT2D eigenvalue weighted by molar-refractivity contribution is 6.23. The summed E-state index contributed by atoms with van der Waals surface area (Å²) in [5, 5.41) is 14.4. The van der Waals surface area contributed by atoms with Gasteiger partial charge < -0.3 is 15.1 Å². The van der Waals surface area contributed by atoms with Crippen LogP contribution in [0.25, 0.3) is 66.7 Å². The summed E-state index contributed by atoms with van der Waals surface area (Å²) in [6, 6.07) is 35.1. The number of aryl methyl sites for hydroxylation is 1. The molecule has 4 aliphatic rings. The zero-order valence-corrected chi connectivity index (χ0v) is 29.4. The molecule has 2 aromatic heterocycles. The zero-order chi connectivity index (χ0) is 34.6. The van der Waals surface area contributed by atoms with Crippen molar-refractivity contribution in [2.24, 2.45) is 5.92 Å². The van der Waals surface area contributed by atoms with E-state index < -0.39 is 0 Å². The van der Waals surface area contributed by atoms with Gasteiger partial charge in [0.2, 0.25) is 0 Å². The number of hydrogen-bond donors (Lipinski definition) is 2. The van der Waals surface area contributed by atoms with Gasteiger partial charge in [-0.3, -0.25) is 4.57 Å². The first-order valence-corrected chi connectivity index (χ1v) is 18.7. The van der Waals surface area contributed by atoms with Gasteiger partial charge >= 0.3 is 0 Å². The van der Waals surface area contributed by atoms with Crippen LogP contribution in [-0.4, -0.2) is 16.1 Å². The lowest BCUT2D eigenvalue weighted by Gasteiger charge is -2.44. The van der Waals surface area contributed by atoms with Crippen molar-refractivity contribution in [3.05, 3.63) is 167 Å². The highest BCUT2D eigenvalue weighted by Gasteiger charge is 2.40. The van der Waals surface area contributed by atoms with Gasteiger partial charge in [0.05, 0.1) is 28.3 Å². The van der Waals surface area contributed by atoms with Crippen LogP contribution >= 0.6 is 0 Å². The lowest BCUT2D eigenvalue weighted by molar-refractivity contribution is 0.403. The van der Waals surface area contributed by atoms with Crippen LogP contribution in [0, 0.1) is 5.92 Å². The molecule has 0 bridgehead atoms. The molecule has 0 saturated heterocycles. The van der Waals surface area contributed by atoms with Crippen molar-refractivity contribution < 1.29 is 4.42 Å². The van der Waals surface area contributed by atoms with Gasteiger partial charge in [0.15, 0.2) is 5.58 Å². The van der Waals surface area contributed by atoms with Gasteiger partial charge in [0, 0.05) is 32.9 Å². The van der Waals surface area contributed by atoms with Crippen LogP contribution in [0.2, 0.25) is 0 Å². The number of nitrogens with zero attached hydrogens (tertiary/aromatic N) is 1. The number of fused-ring (bicyclic) bond motifs is 12. The lowest BCUT2D eigenvalue weighted by atomic mass is 9.82. The Morgan fingerprint density at radius 3 is 2.54 bits per heavy atom. The summed E-state index contributed by atoms with van der Waals surface area (Å²) in [4.78, 5) is 0. The Hall–Kier alpha value is -6.00. The van der Waals surface area contributed by atoms with Gasteiger partial charge in [-0.25, -0.2) is 0 Å². The molecular weight excluding hydrogens is 635 g/mol. The largest absolute Gasteiger partial charge is 0.454 e. The van der Waals surface area contributed by atoms with Crippen LogP contribution < -0.4 is 10.6 Å². The quantitative estimate of drug-likeness (QED) is 0.196. The van der Waals surface area contributed by atoms with Crippen LogP contribution in [-0.2, 0) is 12.8 Å². The molecule has 7 aromatic rings.